The maximum absolute atomic E-state index is 13.4. The van der Waals surface area contributed by atoms with Crippen molar-refractivity contribution in [1.82, 2.24) is 9.80 Å². The second kappa shape index (κ2) is 9.90. The number of amides is 2. The third-order valence-electron chi connectivity index (χ3n) is 7.11. The van der Waals surface area contributed by atoms with E-state index in [4.69, 9.17) is 9.47 Å². The van der Waals surface area contributed by atoms with E-state index in [1.54, 1.807) is 0 Å². The average Bonchev–Trinajstić information content (AvgIpc) is 3.47. The zero-order chi connectivity index (χ0) is 21.8. The minimum Gasteiger partial charge on any atom is -0.454 e. The number of carbonyl (C=O) groups excluding carboxylic acids is 2. The van der Waals surface area contributed by atoms with Gasteiger partial charge in [0.1, 0.15) is 0 Å². The summed E-state index contributed by atoms with van der Waals surface area (Å²) in [5.41, 5.74) is 0.736. The number of hydrogen-bond acceptors (Lipinski definition) is 5. The van der Waals surface area contributed by atoms with Crippen LogP contribution in [-0.4, -0.2) is 60.6 Å². The van der Waals surface area contributed by atoms with Crippen LogP contribution in [0, 0.1) is 11.8 Å². The topological polar surface area (TPSA) is 71.1 Å². The number of benzene rings is 1. The first-order valence-corrected chi connectivity index (χ1v) is 11.8. The molecule has 0 aromatic heterocycles. The predicted octanol–water partition coefficient (Wildman–Crippen LogP) is 3.49. The quantitative estimate of drug-likeness (QED) is 0.718. The standard InChI is InChI=1S/C24H35N3O4/c1-3-17(4-2)24(29)27-13-11-26(12-14-27)22(18-7-5-6-8-18)23(28)25-19-9-10-20-21(15-19)31-16-30-20/h9-10,15,17-18,22H,3-8,11-14,16H2,1-2H3,(H,25,28). The van der Waals surface area contributed by atoms with Gasteiger partial charge in [-0.15, -0.1) is 0 Å². The summed E-state index contributed by atoms with van der Waals surface area (Å²) in [4.78, 5) is 30.5. The molecule has 170 valence electrons. The van der Waals surface area contributed by atoms with E-state index in [0.717, 1.165) is 44.5 Å². The van der Waals surface area contributed by atoms with Crippen molar-refractivity contribution in [2.75, 3.05) is 38.3 Å². The zero-order valence-corrected chi connectivity index (χ0v) is 18.8. The van der Waals surface area contributed by atoms with Crippen LogP contribution in [0.4, 0.5) is 5.69 Å². The van der Waals surface area contributed by atoms with Crippen molar-refractivity contribution in [2.24, 2.45) is 11.8 Å². The summed E-state index contributed by atoms with van der Waals surface area (Å²) in [6, 6.07) is 5.38. The molecule has 1 aromatic carbocycles. The van der Waals surface area contributed by atoms with Crippen molar-refractivity contribution in [3.8, 4) is 11.5 Å². The molecule has 2 heterocycles. The number of ether oxygens (including phenoxy) is 2. The van der Waals surface area contributed by atoms with E-state index in [1.807, 2.05) is 23.1 Å². The maximum Gasteiger partial charge on any atom is 0.242 e. The molecule has 1 atom stereocenters. The van der Waals surface area contributed by atoms with Gasteiger partial charge in [0.05, 0.1) is 6.04 Å². The Morgan fingerprint density at radius 2 is 1.71 bits per heavy atom. The van der Waals surface area contributed by atoms with E-state index < -0.39 is 0 Å². The van der Waals surface area contributed by atoms with Gasteiger partial charge in [0, 0.05) is 43.9 Å². The molecule has 2 amide bonds. The van der Waals surface area contributed by atoms with Crippen molar-refractivity contribution in [1.29, 1.82) is 0 Å². The van der Waals surface area contributed by atoms with Crippen LogP contribution in [0.2, 0.25) is 0 Å². The second-order valence-corrected chi connectivity index (χ2v) is 8.92. The average molecular weight is 430 g/mol. The third kappa shape index (κ3) is 4.81. The fraction of sp³-hybridized carbons (Fsp3) is 0.667. The summed E-state index contributed by atoms with van der Waals surface area (Å²) in [6.45, 7) is 7.30. The first-order valence-electron chi connectivity index (χ1n) is 11.8. The Kier molecular flexibility index (Phi) is 7.00. The van der Waals surface area contributed by atoms with E-state index in [-0.39, 0.29) is 30.6 Å². The number of carbonyl (C=O) groups is 2. The number of piperazine rings is 1. The van der Waals surface area contributed by atoms with Gasteiger partial charge in [-0.2, -0.15) is 0 Å². The predicted molar refractivity (Wildman–Crippen MR) is 119 cm³/mol. The molecule has 1 aliphatic carbocycles. The lowest BCUT2D eigenvalue weighted by molar-refractivity contribution is -0.138. The third-order valence-corrected chi connectivity index (χ3v) is 7.11. The highest BCUT2D eigenvalue weighted by Gasteiger charge is 2.38. The smallest absolute Gasteiger partial charge is 0.242 e. The van der Waals surface area contributed by atoms with E-state index in [2.05, 4.69) is 24.1 Å². The largest absolute Gasteiger partial charge is 0.454 e. The molecule has 2 aliphatic heterocycles. The van der Waals surface area contributed by atoms with Crippen LogP contribution in [0.15, 0.2) is 18.2 Å². The monoisotopic (exact) mass is 429 g/mol. The molecule has 0 spiro atoms. The molecular weight excluding hydrogens is 394 g/mol. The lowest BCUT2D eigenvalue weighted by Gasteiger charge is -2.41. The Hall–Kier alpha value is -2.28. The van der Waals surface area contributed by atoms with Crippen LogP contribution in [0.5, 0.6) is 11.5 Å². The summed E-state index contributed by atoms with van der Waals surface area (Å²) in [7, 11) is 0. The summed E-state index contributed by atoms with van der Waals surface area (Å²) >= 11 is 0. The SMILES string of the molecule is CCC(CC)C(=O)N1CCN(C(C(=O)Nc2ccc3c(c2)OCO3)C2CCCC2)CC1. The number of nitrogens with one attached hydrogen (secondary N) is 1. The molecule has 7 nitrogen and oxygen atoms in total. The van der Waals surface area contributed by atoms with E-state index in [0.29, 0.717) is 30.5 Å². The summed E-state index contributed by atoms with van der Waals surface area (Å²) in [5, 5.41) is 3.12. The van der Waals surface area contributed by atoms with Crippen molar-refractivity contribution in [3.63, 3.8) is 0 Å². The molecule has 0 bridgehead atoms. The maximum atomic E-state index is 13.4. The molecule has 4 rings (SSSR count). The minimum atomic E-state index is -0.154. The number of rotatable bonds is 7. The van der Waals surface area contributed by atoms with Crippen LogP contribution in [0.3, 0.4) is 0 Å². The minimum absolute atomic E-state index is 0.0468. The first kappa shape index (κ1) is 21.9. The highest BCUT2D eigenvalue weighted by Crippen LogP contribution is 2.35. The van der Waals surface area contributed by atoms with Crippen molar-refractivity contribution in [2.45, 2.75) is 58.4 Å². The molecule has 2 fully saturated rings. The van der Waals surface area contributed by atoms with Crippen molar-refractivity contribution < 1.29 is 19.1 Å². The number of fused-ring (bicyclic) bond motifs is 1. The van der Waals surface area contributed by atoms with E-state index in [1.165, 1.54) is 12.8 Å². The van der Waals surface area contributed by atoms with Crippen molar-refractivity contribution in [3.05, 3.63) is 18.2 Å². The normalized spacial score (nSPS) is 20.3. The van der Waals surface area contributed by atoms with Crippen LogP contribution in [-0.2, 0) is 9.59 Å². The molecule has 1 saturated heterocycles. The van der Waals surface area contributed by atoms with E-state index >= 15 is 0 Å². The molecule has 1 unspecified atom stereocenters. The Labute approximate surface area is 185 Å². The summed E-state index contributed by atoms with van der Waals surface area (Å²) in [5.74, 6) is 2.19. The Balaban J connectivity index is 1.42. The fourth-order valence-electron chi connectivity index (χ4n) is 5.26. The molecule has 0 radical (unpaired) electrons. The van der Waals surface area contributed by atoms with Crippen LogP contribution >= 0.6 is 0 Å². The Morgan fingerprint density at radius 3 is 2.39 bits per heavy atom. The van der Waals surface area contributed by atoms with Gasteiger partial charge in [-0.25, -0.2) is 0 Å². The van der Waals surface area contributed by atoms with Gasteiger partial charge in [0.2, 0.25) is 18.6 Å². The molecule has 1 aromatic rings. The number of hydrogen-bond donors (Lipinski definition) is 1. The van der Waals surface area contributed by atoms with Crippen molar-refractivity contribution >= 4 is 17.5 Å². The molecular formula is C24H35N3O4. The molecule has 1 saturated carbocycles. The summed E-state index contributed by atoms with van der Waals surface area (Å²) in [6.07, 6.45) is 6.33. The van der Waals surface area contributed by atoms with Crippen LogP contribution < -0.4 is 14.8 Å². The number of nitrogens with zero attached hydrogens (tertiary/aromatic N) is 2. The molecule has 3 aliphatic rings. The number of anilines is 1. The van der Waals surface area contributed by atoms with Gasteiger partial charge in [0.15, 0.2) is 11.5 Å². The highest BCUT2D eigenvalue weighted by molar-refractivity contribution is 5.95. The van der Waals surface area contributed by atoms with Gasteiger partial charge in [-0.3, -0.25) is 14.5 Å². The second-order valence-electron chi connectivity index (χ2n) is 8.92. The fourth-order valence-corrected chi connectivity index (χ4v) is 5.26. The molecule has 31 heavy (non-hydrogen) atoms. The zero-order valence-electron chi connectivity index (χ0n) is 18.8. The van der Waals surface area contributed by atoms with Gasteiger partial charge >= 0.3 is 0 Å². The van der Waals surface area contributed by atoms with Crippen LogP contribution in [0.25, 0.3) is 0 Å². The van der Waals surface area contributed by atoms with Gasteiger partial charge in [-0.1, -0.05) is 26.7 Å². The molecule has 7 heteroatoms. The van der Waals surface area contributed by atoms with Gasteiger partial charge in [0.25, 0.3) is 0 Å². The van der Waals surface area contributed by atoms with E-state index in [9.17, 15) is 9.59 Å². The lowest BCUT2D eigenvalue weighted by Crippen LogP contribution is -2.57. The summed E-state index contributed by atoms with van der Waals surface area (Å²) < 4.78 is 10.8. The lowest BCUT2D eigenvalue weighted by atomic mass is 9.94. The Morgan fingerprint density at radius 1 is 1.03 bits per heavy atom. The highest BCUT2D eigenvalue weighted by atomic mass is 16.7. The first-order chi connectivity index (χ1) is 15.1. The molecule has 1 N–H and O–H groups in total. The van der Waals surface area contributed by atoms with Crippen LogP contribution in [0.1, 0.15) is 52.4 Å². The van der Waals surface area contributed by atoms with Gasteiger partial charge < -0.3 is 19.7 Å². The Bertz CT molecular complexity index is 781. The van der Waals surface area contributed by atoms with Gasteiger partial charge in [-0.05, 0) is 43.7 Å².